The lowest BCUT2D eigenvalue weighted by molar-refractivity contribution is 0.102. The molecular formula is C16H14Cl2N4O2. The zero-order valence-electron chi connectivity index (χ0n) is 12.5. The van der Waals surface area contributed by atoms with Crippen LogP contribution in [0, 0.1) is 0 Å². The van der Waals surface area contributed by atoms with Gasteiger partial charge < -0.3 is 16.0 Å². The van der Waals surface area contributed by atoms with Crippen LogP contribution in [0.15, 0.2) is 36.4 Å². The summed E-state index contributed by atoms with van der Waals surface area (Å²) in [5, 5.41) is 8.58. The van der Waals surface area contributed by atoms with E-state index < -0.39 is 0 Å². The van der Waals surface area contributed by atoms with Crippen LogP contribution < -0.4 is 16.0 Å². The standard InChI is InChI=1S/C16H14Cl2N4O2/c17-13-7-9(8-14(18)22-13)15(23)19-10-1-3-11(4-2-10)20-16(24)21-12-5-6-12/h1-4,7-8,12H,5-6H2,(H,19,23)(H2,20,21,24). The molecule has 0 aliphatic heterocycles. The van der Waals surface area contributed by atoms with Crippen LogP contribution in [0.2, 0.25) is 10.3 Å². The van der Waals surface area contributed by atoms with E-state index in [1.54, 1.807) is 24.3 Å². The molecular weight excluding hydrogens is 351 g/mol. The molecule has 1 aromatic heterocycles. The van der Waals surface area contributed by atoms with Crippen LogP contribution in [0.3, 0.4) is 0 Å². The van der Waals surface area contributed by atoms with Gasteiger partial charge in [0, 0.05) is 23.0 Å². The maximum absolute atomic E-state index is 12.2. The first-order valence-electron chi connectivity index (χ1n) is 7.31. The number of urea groups is 1. The minimum atomic E-state index is -0.353. The number of aromatic nitrogens is 1. The SMILES string of the molecule is O=C(Nc1ccc(NC(=O)c2cc(Cl)nc(Cl)c2)cc1)NC1CC1. The van der Waals surface area contributed by atoms with Crippen molar-refractivity contribution in [3.8, 4) is 0 Å². The quantitative estimate of drug-likeness (QED) is 0.718. The van der Waals surface area contributed by atoms with Crippen molar-refractivity contribution in [2.24, 2.45) is 0 Å². The van der Waals surface area contributed by atoms with Gasteiger partial charge in [-0.25, -0.2) is 9.78 Å². The van der Waals surface area contributed by atoms with E-state index in [4.69, 9.17) is 23.2 Å². The molecule has 1 aliphatic carbocycles. The summed E-state index contributed by atoms with van der Waals surface area (Å²) in [5.41, 5.74) is 1.53. The molecule has 8 heteroatoms. The smallest absolute Gasteiger partial charge is 0.319 e. The third-order valence-electron chi connectivity index (χ3n) is 3.34. The molecule has 1 heterocycles. The Morgan fingerprint density at radius 2 is 1.50 bits per heavy atom. The van der Waals surface area contributed by atoms with Crippen molar-refractivity contribution < 1.29 is 9.59 Å². The summed E-state index contributed by atoms with van der Waals surface area (Å²) in [7, 11) is 0. The Morgan fingerprint density at radius 3 is 2.04 bits per heavy atom. The largest absolute Gasteiger partial charge is 0.335 e. The van der Waals surface area contributed by atoms with Gasteiger partial charge >= 0.3 is 6.03 Å². The number of pyridine rings is 1. The number of anilines is 2. The molecule has 1 saturated carbocycles. The lowest BCUT2D eigenvalue weighted by atomic mass is 10.2. The lowest BCUT2D eigenvalue weighted by Crippen LogP contribution is -2.30. The molecule has 0 radical (unpaired) electrons. The number of hydrogen-bond acceptors (Lipinski definition) is 3. The van der Waals surface area contributed by atoms with Crippen molar-refractivity contribution in [1.29, 1.82) is 0 Å². The second kappa shape index (κ2) is 7.07. The molecule has 1 aromatic carbocycles. The van der Waals surface area contributed by atoms with Gasteiger partial charge in [0.15, 0.2) is 0 Å². The molecule has 3 N–H and O–H groups in total. The van der Waals surface area contributed by atoms with Crippen molar-refractivity contribution >= 4 is 46.5 Å². The summed E-state index contributed by atoms with van der Waals surface area (Å²) in [4.78, 5) is 27.6. The summed E-state index contributed by atoms with van der Waals surface area (Å²) >= 11 is 11.6. The summed E-state index contributed by atoms with van der Waals surface area (Å²) in [6, 6.07) is 9.72. The average Bonchev–Trinajstić information content (AvgIpc) is 3.32. The molecule has 3 rings (SSSR count). The van der Waals surface area contributed by atoms with Gasteiger partial charge in [0.1, 0.15) is 10.3 Å². The van der Waals surface area contributed by atoms with E-state index in [-0.39, 0.29) is 22.2 Å². The Kier molecular flexibility index (Phi) is 4.87. The van der Waals surface area contributed by atoms with Crippen molar-refractivity contribution in [1.82, 2.24) is 10.3 Å². The topological polar surface area (TPSA) is 83.1 Å². The third kappa shape index (κ3) is 4.59. The van der Waals surface area contributed by atoms with E-state index in [9.17, 15) is 9.59 Å². The van der Waals surface area contributed by atoms with Crippen LogP contribution in [-0.4, -0.2) is 23.0 Å². The van der Waals surface area contributed by atoms with Gasteiger partial charge in [-0.3, -0.25) is 4.79 Å². The number of amides is 3. The molecule has 124 valence electrons. The summed E-state index contributed by atoms with van der Waals surface area (Å²) in [6.45, 7) is 0. The molecule has 0 unspecified atom stereocenters. The molecule has 24 heavy (non-hydrogen) atoms. The number of nitrogens with one attached hydrogen (secondary N) is 3. The van der Waals surface area contributed by atoms with Gasteiger partial charge in [0.2, 0.25) is 0 Å². The highest BCUT2D eigenvalue weighted by atomic mass is 35.5. The molecule has 1 fully saturated rings. The van der Waals surface area contributed by atoms with Crippen LogP contribution in [-0.2, 0) is 0 Å². The predicted octanol–water partition coefficient (Wildman–Crippen LogP) is 3.92. The first-order valence-corrected chi connectivity index (χ1v) is 8.07. The second-order valence-electron chi connectivity index (χ2n) is 5.41. The number of hydrogen-bond donors (Lipinski definition) is 3. The van der Waals surface area contributed by atoms with Crippen LogP contribution in [0.4, 0.5) is 16.2 Å². The number of rotatable bonds is 4. The Morgan fingerprint density at radius 1 is 0.958 bits per heavy atom. The van der Waals surface area contributed by atoms with Crippen molar-refractivity contribution in [3.05, 3.63) is 52.3 Å². The van der Waals surface area contributed by atoms with Crippen molar-refractivity contribution in [2.75, 3.05) is 10.6 Å². The van der Waals surface area contributed by atoms with Crippen LogP contribution >= 0.6 is 23.2 Å². The van der Waals surface area contributed by atoms with Crippen molar-refractivity contribution in [2.45, 2.75) is 18.9 Å². The molecule has 0 bridgehead atoms. The van der Waals surface area contributed by atoms with E-state index in [2.05, 4.69) is 20.9 Å². The Hall–Kier alpha value is -2.31. The molecule has 1 aliphatic rings. The Balaban J connectivity index is 1.60. The molecule has 3 amide bonds. The number of carbonyl (C=O) groups excluding carboxylic acids is 2. The lowest BCUT2D eigenvalue weighted by Gasteiger charge is -2.09. The fraction of sp³-hybridized carbons (Fsp3) is 0.188. The first-order chi connectivity index (χ1) is 11.5. The van der Waals surface area contributed by atoms with Gasteiger partial charge in [0.05, 0.1) is 0 Å². The summed E-state index contributed by atoms with van der Waals surface area (Å²) < 4.78 is 0. The molecule has 0 spiro atoms. The van der Waals surface area contributed by atoms with Crippen LogP contribution in [0.1, 0.15) is 23.2 Å². The first kappa shape index (κ1) is 16.5. The second-order valence-corrected chi connectivity index (χ2v) is 6.18. The number of benzene rings is 1. The number of carbonyl (C=O) groups is 2. The van der Waals surface area contributed by atoms with Crippen molar-refractivity contribution in [3.63, 3.8) is 0 Å². The zero-order chi connectivity index (χ0) is 17.1. The minimum absolute atomic E-state index is 0.147. The van der Waals surface area contributed by atoms with E-state index >= 15 is 0 Å². The van der Waals surface area contributed by atoms with Gasteiger partial charge in [0.25, 0.3) is 5.91 Å². The summed E-state index contributed by atoms with van der Waals surface area (Å²) in [6.07, 6.45) is 2.06. The third-order valence-corrected chi connectivity index (χ3v) is 3.73. The molecule has 0 saturated heterocycles. The normalized spacial score (nSPS) is 13.2. The van der Waals surface area contributed by atoms with Gasteiger partial charge in [-0.2, -0.15) is 0 Å². The van der Waals surface area contributed by atoms with Crippen LogP contribution in [0.5, 0.6) is 0 Å². The fourth-order valence-corrected chi connectivity index (χ4v) is 2.48. The number of halogens is 2. The molecule has 6 nitrogen and oxygen atoms in total. The zero-order valence-corrected chi connectivity index (χ0v) is 14.0. The minimum Gasteiger partial charge on any atom is -0.335 e. The summed E-state index contributed by atoms with van der Waals surface area (Å²) in [5.74, 6) is -0.353. The van der Waals surface area contributed by atoms with E-state index in [1.807, 2.05) is 0 Å². The highest BCUT2D eigenvalue weighted by molar-refractivity contribution is 6.33. The van der Waals surface area contributed by atoms with Gasteiger partial charge in [-0.1, -0.05) is 23.2 Å². The maximum atomic E-state index is 12.2. The van der Waals surface area contributed by atoms with Gasteiger partial charge in [-0.15, -0.1) is 0 Å². The van der Waals surface area contributed by atoms with E-state index in [0.717, 1.165) is 12.8 Å². The highest BCUT2D eigenvalue weighted by Gasteiger charge is 2.23. The van der Waals surface area contributed by atoms with E-state index in [1.165, 1.54) is 12.1 Å². The Bertz CT molecular complexity index is 756. The fourth-order valence-electron chi connectivity index (χ4n) is 2.02. The van der Waals surface area contributed by atoms with Crippen LogP contribution in [0.25, 0.3) is 0 Å². The molecule has 0 atom stereocenters. The number of nitrogens with zero attached hydrogens (tertiary/aromatic N) is 1. The monoisotopic (exact) mass is 364 g/mol. The average molecular weight is 365 g/mol. The van der Waals surface area contributed by atoms with Gasteiger partial charge in [-0.05, 0) is 49.2 Å². The predicted molar refractivity (Wildman–Crippen MR) is 93.8 cm³/mol. The Labute approximate surface area is 148 Å². The highest BCUT2D eigenvalue weighted by Crippen LogP contribution is 2.20. The maximum Gasteiger partial charge on any atom is 0.319 e. The van der Waals surface area contributed by atoms with E-state index in [0.29, 0.717) is 23.0 Å². The molecule has 2 aromatic rings.